The van der Waals surface area contributed by atoms with Gasteiger partial charge in [-0.3, -0.25) is 4.98 Å². The van der Waals surface area contributed by atoms with Crippen molar-refractivity contribution < 1.29 is 4.74 Å². The first-order valence-corrected chi connectivity index (χ1v) is 8.38. The van der Waals surface area contributed by atoms with Crippen molar-refractivity contribution in [1.82, 2.24) is 10.3 Å². The third-order valence-corrected chi connectivity index (χ3v) is 3.95. The third kappa shape index (κ3) is 5.09. The van der Waals surface area contributed by atoms with E-state index in [-0.39, 0.29) is 0 Å². The minimum atomic E-state index is 0.436. The summed E-state index contributed by atoms with van der Waals surface area (Å²) in [5, 5.41) is 3.42. The van der Waals surface area contributed by atoms with Crippen LogP contribution in [0.4, 0.5) is 0 Å². The number of aromatic nitrogens is 1. The maximum absolute atomic E-state index is 5.99. The van der Waals surface area contributed by atoms with Crippen LogP contribution in [0.1, 0.15) is 25.0 Å². The SMILES string of the molecule is CC(C)NCc1cccc(Br)c1OCc1cncc(Br)c1. The normalized spacial score (nSPS) is 10.9. The van der Waals surface area contributed by atoms with Gasteiger partial charge in [0.15, 0.2) is 0 Å². The van der Waals surface area contributed by atoms with Crippen LogP contribution in [0.3, 0.4) is 0 Å². The second-order valence-electron chi connectivity index (χ2n) is 5.06. The molecule has 3 nitrogen and oxygen atoms in total. The highest BCUT2D eigenvalue weighted by Crippen LogP contribution is 2.30. The molecule has 0 saturated heterocycles. The summed E-state index contributed by atoms with van der Waals surface area (Å²) in [4.78, 5) is 4.15. The van der Waals surface area contributed by atoms with Gasteiger partial charge in [0.25, 0.3) is 0 Å². The van der Waals surface area contributed by atoms with E-state index in [0.717, 1.165) is 32.4 Å². The van der Waals surface area contributed by atoms with E-state index in [9.17, 15) is 0 Å². The van der Waals surface area contributed by atoms with Gasteiger partial charge >= 0.3 is 0 Å². The third-order valence-electron chi connectivity index (χ3n) is 2.89. The molecule has 1 aromatic carbocycles. The second-order valence-corrected chi connectivity index (χ2v) is 6.83. The molecular weight excluding hydrogens is 396 g/mol. The van der Waals surface area contributed by atoms with E-state index < -0.39 is 0 Å². The van der Waals surface area contributed by atoms with Crippen LogP contribution in [0.2, 0.25) is 0 Å². The monoisotopic (exact) mass is 412 g/mol. The quantitative estimate of drug-likeness (QED) is 0.746. The van der Waals surface area contributed by atoms with Crippen LogP contribution in [0, 0.1) is 0 Å². The number of nitrogens with zero attached hydrogens (tertiary/aromatic N) is 1. The molecule has 21 heavy (non-hydrogen) atoms. The molecule has 0 unspecified atom stereocenters. The predicted octanol–water partition coefficient (Wildman–Crippen LogP) is 4.68. The lowest BCUT2D eigenvalue weighted by Gasteiger charge is -2.15. The van der Waals surface area contributed by atoms with Gasteiger partial charge in [0.05, 0.1) is 4.47 Å². The van der Waals surface area contributed by atoms with E-state index >= 15 is 0 Å². The Hall–Kier alpha value is -0.910. The van der Waals surface area contributed by atoms with Gasteiger partial charge in [-0.2, -0.15) is 0 Å². The van der Waals surface area contributed by atoms with Gasteiger partial charge in [-0.15, -0.1) is 0 Å². The Balaban J connectivity index is 2.11. The van der Waals surface area contributed by atoms with Gasteiger partial charge < -0.3 is 10.1 Å². The fourth-order valence-electron chi connectivity index (χ4n) is 1.86. The van der Waals surface area contributed by atoms with E-state index in [1.807, 2.05) is 24.4 Å². The van der Waals surface area contributed by atoms with Gasteiger partial charge in [-0.1, -0.05) is 26.0 Å². The fourth-order valence-corrected chi connectivity index (χ4v) is 2.79. The van der Waals surface area contributed by atoms with Crippen LogP contribution in [0.5, 0.6) is 5.75 Å². The zero-order chi connectivity index (χ0) is 15.2. The van der Waals surface area contributed by atoms with Crippen molar-refractivity contribution in [2.24, 2.45) is 0 Å². The average Bonchev–Trinajstić information content (AvgIpc) is 2.44. The number of benzene rings is 1. The Kier molecular flexibility index (Phi) is 6.21. The maximum atomic E-state index is 5.99. The van der Waals surface area contributed by atoms with Crippen LogP contribution in [0.25, 0.3) is 0 Å². The Morgan fingerprint density at radius 3 is 2.76 bits per heavy atom. The highest BCUT2D eigenvalue weighted by atomic mass is 79.9. The van der Waals surface area contributed by atoms with Gasteiger partial charge in [0.1, 0.15) is 12.4 Å². The number of hydrogen-bond acceptors (Lipinski definition) is 3. The first-order valence-electron chi connectivity index (χ1n) is 6.79. The molecule has 0 amide bonds. The van der Waals surface area contributed by atoms with Crippen molar-refractivity contribution in [2.45, 2.75) is 33.0 Å². The molecule has 0 radical (unpaired) electrons. The Labute approximate surface area is 142 Å². The summed E-state index contributed by atoms with van der Waals surface area (Å²) in [5.41, 5.74) is 2.17. The van der Waals surface area contributed by atoms with E-state index in [0.29, 0.717) is 12.6 Å². The lowest BCUT2D eigenvalue weighted by Crippen LogP contribution is -2.22. The summed E-state index contributed by atoms with van der Waals surface area (Å²) >= 11 is 6.99. The molecule has 0 fully saturated rings. The molecule has 2 rings (SSSR count). The first kappa shape index (κ1) is 16.5. The van der Waals surface area contributed by atoms with Crippen molar-refractivity contribution in [2.75, 3.05) is 0 Å². The molecule has 112 valence electrons. The zero-order valence-corrected chi connectivity index (χ0v) is 15.2. The number of para-hydroxylation sites is 1. The van der Waals surface area contributed by atoms with Crippen LogP contribution < -0.4 is 10.1 Å². The average molecular weight is 414 g/mol. The van der Waals surface area contributed by atoms with Gasteiger partial charge in [0, 0.05) is 40.6 Å². The minimum Gasteiger partial charge on any atom is -0.487 e. The summed E-state index contributed by atoms with van der Waals surface area (Å²) in [7, 11) is 0. The predicted molar refractivity (Wildman–Crippen MR) is 92.4 cm³/mol. The lowest BCUT2D eigenvalue weighted by molar-refractivity contribution is 0.299. The lowest BCUT2D eigenvalue weighted by atomic mass is 10.2. The van der Waals surface area contributed by atoms with Crippen molar-refractivity contribution in [1.29, 1.82) is 0 Å². The summed E-state index contributed by atoms with van der Waals surface area (Å²) < 4.78 is 7.92. The number of nitrogens with one attached hydrogen (secondary N) is 1. The smallest absolute Gasteiger partial charge is 0.138 e. The van der Waals surface area contributed by atoms with Gasteiger partial charge in [0.2, 0.25) is 0 Å². The fraction of sp³-hybridized carbons (Fsp3) is 0.312. The maximum Gasteiger partial charge on any atom is 0.138 e. The van der Waals surface area contributed by atoms with Gasteiger partial charge in [-0.25, -0.2) is 0 Å². The summed E-state index contributed by atoms with van der Waals surface area (Å²) in [5.74, 6) is 0.880. The largest absolute Gasteiger partial charge is 0.487 e. The summed E-state index contributed by atoms with van der Waals surface area (Å²) in [6.07, 6.45) is 3.58. The number of pyridine rings is 1. The van der Waals surface area contributed by atoms with Crippen molar-refractivity contribution in [3.63, 3.8) is 0 Å². The van der Waals surface area contributed by atoms with E-state index in [2.05, 4.69) is 62.1 Å². The molecule has 1 heterocycles. The molecule has 0 spiro atoms. The van der Waals surface area contributed by atoms with Crippen LogP contribution in [-0.2, 0) is 13.2 Å². The standard InChI is InChI=1S/C16H18Br2N2O/c1-11(2)20-8-13-4-3-5-15(18)16(13)21-10-12-6-14(17)9-19-7-12/h3-7,9,11,20H,8,10H2,1-2H3. The molecule has 1 aromatic heterocycles. The molecule has 0 bridgehead atoms. The molecule has 1 N–H and O–H groups in total. The molecule has 0 aliphatic carbocycles. The van der Waals surface area contributed by atoms with Crippen LogP contribution in [-0.4, -0.2) is 11.0 Å². The van der Waals surface area contributed by atoms with E-state index in [1.165, 1.54) is 0 Å². The molecule has 0 atom stereocenters. The molecule has 2 aromatic rings. The van der Waals surface area contributed by atoms with E-state index in [1.54, 1.807) is 6.20 Å². The number of halogens is 2. The molecule has 0 saturated carbocycles. The Bertz CT molecular complexity index is 603. The molecule has 5 heteroatoms. The number of hydrogen-bond donors (Lipinski definition) is 1. The Morgan fingerprint density at radius 1 is 1.24 bits per heavy atom. The second kappa shape index (κ2) is 7.92. The topological polar surface area (TPSA) is 34.1 Å². The molecule has 0 aliphatic rings. The zero-order valence-electron chi connectivity index (χ0n) is 12.1. The van der Waals surface area contributed by atoms with Crippen molar-refractivity contribution in [3.8, 4) is 5.75 Å². The minimum absolute atomic E-state index is 0.436. The van der Waals surface area contributed by atoms with Crippen LogP contribution in [0.15, 0.2) is 45.6 Å². The highest BCUT2D eigenvalue weighted by molar-refractivity contribution is 9.10. The summed E-state index contributed by atoms with van der Waals surface area (Å²) in [6.45, 7) is 5.53. The Morgan fingerprint density at radius 2 is 2.05 bits per heavy atom. The number of ether oxygens (including phenoxy) is 1. The first-order chi connectivity index (χ1) is 10.1. The van der Waals surface area contributed by atoms with Crippen molar-refractivity contribution >= 4 is 31.9 Å². The van der Waals surface area contributed by atoms with Gasteiger partial charge in [-0.05, 0) is 44.0 Å². The number of rotatable bonds is 6. The summed E-state index contributed by atoms with van der Waals surface area (Å²) in [6, 6.07) is 8.54. The van der Waals surface area contributed by atoms with Crippen molar-refractivity contribution in [3.05, 3.63) is 56.7 Å². The molecular formula is C16H18Br2N2O. The van der Waals surface area contributed by atoms with Crippen LogP contribution >= 0.6 is 31.9 Å². The highest BCUT2D eigenvalue weighted by Gasteiger charge is 2.09. The van der Waals surface area contributed by atoms with E-state index in [4.69, 9.17) is 4.74 Å². The molecule has 0 aliphatic heterocycles.